The number of fused-ring (bicyclic) bond motifs is 4. The van der Waals surface area contributed by atoms with Crippen LogP contribution in [0.1, 0.15) is 38.8 Å². The number of aryl methyl sites for hydroxylation is 1. The van der Waals surface area contributed by atoms with E-state index < -0.39 is 31.9 Å². The first kappa shape index (κ1) is 34.0. The van der Waals surface area contributed by atoms with Crippen molar-refractivity contribution in [3.05, 3.63) is 169 Å². The molecule has 6 aromatic carbocycles. The van der Waals surface area contributed by atoms with Gasteiger partial charge in [0.1, 0.15) is 5.58 Å². The van der Waals surface area contributed by atoms with Crippen molar-refractivity contribution in [3.8, 4) is 39.5 Å². The minimum atomic E-state index is -2.36. The van der Waals surface area contributed by atoms with E-state index in [-0.39, 0.29) is 25.7 Å². The number of hydrogen-bond acceptors (Lipinski definition) is 3. The van der Waals surface area contributed by atoms with Crippen molar-refractivity contribution in [2.24, 2.45) is 5.41 Å². The van der Waals surface area contributed by atoms with Gasteiger partial charge in [-0.25, -0.2) is 0 Å². The summed E-state index contributed by atoms with van der Waals surface area (Å²) < 4.78 is 49.7. The molecule has 0 saturated carbocycles. The normalized spacial score (nSPS) is 13.5. The SMILES string of the molecule is [2H]C([2H])([2H])c1c[c-]c(-c2cc(C([2H])([2H])C(C)(C)C)[c]([Ge]([CH3])([CH3])[CH3])cn2)cc1.[Ir].[c-]1ccc2c(oc3ccccc32)c1-c1nc2ccccc2n1-c1ccccc1-c1ccccc1. The second-order valence-electron chi connectivity index (χ2n) is 16.1. The summed E-state index contributed by atoms with van der Waals surface area (Å²) in [5, 5.41) is 2.17. The van der Waals surface area contributed by atoms with E-state index in [4.69, 9.17) is 16.3 Å². The Bertz CT molecular complexity index is 3020. The van der Waals surface area contributed by atoms with Crippen LogP contribution in [0.25, 0.3) is 72.4 Å². The molecule has 0 fully saturated rings. The second-order valence-corrected chi connectivity index (χ2v) is 26.6. The van der Waals surface area contributed by atoms with Gasteiger partial charge in [-0.05, 0) is 29.8 Å². The third-order valence-electron chi connectivity index (χ3n) is 9.66. The Hall–Kier alpha value is -5.07. The first-order valence-corrected chi connectivity index (χ1v) is 26.3. The standard InChI is InChI=1S/C31H19N2O.C20H28GeN.Ir/c1-2-11-21(12-3-1)22-13-4-7-18-27(22)33-28-19-8-6-17-26(28)32-31(33)25-16-10-15-24-23-14-5-9-20-29(23)34-30(24)25;1-15-8-10-16(11-9-15)19-12-17(13-20(2,3)4)18(14-22-19)21(5,6)7;/h1-15,17-20H;8-10,12,14H,13H2,1-7H3;/q2*-1;/i;1D3,13D2;. The predicted octanol–water partition coefficient (Wildman–Crippen LogP) is 13.0. The number of para-hydroxylation sites is 4. The van der Waals surface area contributed by atoms with Crippen LogP contribution in [0, 0.1) is 24.4 Å². The summed E-state index contributed by atoms with van der Waals surface area (Å²) in [4.78, 5) is 9.66. The Morgan fingerprint density at radius 2 is 1.54 bits per heavy atom. The second kappa shape index (κ2) is 16.4. The minimum Gasteiger partial charge on any atom is -0.501 e. The number of imidazole rings is 1. The van der Waals surface area contributed by atoms with Crippen molar-refractivity contribution in [1.82, 2.24) is 14.5 Å². The molecule has 3 heterocycles. The molecule has 9 rings (SSSR count). The summed E-state index contributed by atoms with van der Waals surface area (Å²) >= 11 is -2.36. The molecular weight excluding hydrogens is 935 g/mol. The number of pyridine rings is 1. The van der Waals surface area contributed by atoms with Crippen LogP contribution in [0.5, 0.6) is 0 Å². The van der Waals surface area contributed by atoms with Crippen molar-refractivity contribution in [3.63, 3.8) is 0 Å². The van der Waals surface area contributed by atoms with Crippen molar-refractivity contribution in [1.29, 1.82) is 0 Å². The average molecular weight is 988 g/mol. The maximum absolute atomic E-state index is 8.80. The topological polar surface area (TPSA) is 43.9 Å². The van der Waals surface area contributed by atoms with Crippen LogP contribution in [0.2, 0.25) is 17.3 Å². The van der Waals surface area contributed by atoms with Crippen molar-refractivity contribution >= 4 is 50.6 Å². The molecule has 3 aromatic heterocycles. The summed E-state index contributed by atoms with van der Waals surface area (Å²) in [6.07, 6.45) is 0.303. The van der Waals surface area contributed by atoms with Crippen molar-refractivity contribution in [2.75, 3.05) is 0 Å². The molecule has 0 bridgehead atoms. The Morgan fingerprint density at radius 3 is 2.30 bits per heavy atom. The Morgan fingerprint density at radius 1 is 0.807 bits per heavy atom. The van der Waals surface area contributed by atoms with Crippen LogP contribution < -0.4 is 4.40 Å². The van der Waals surface area contributed by atoms with E-state index in [0.29, 0.717) is 16.8 Å². The molecule has 0 atom stereocenters. The van der Waals surface area contributed by atoms with Crippen molar-refractivity contribution in [2.45, 2.75) is 51.3 Å². The molecule has 0 amide bonds. The molecule has 57 heavy (non-hydrogen) atoms. The molecule has 0 saturated heterocycles. The van der Waals surface area contributed by atoms with Crippen LogP contribution in [0.15, 0.2) is 150 Å². The van der Waals surface area contributed by atoms with E-state index in [2.05, 4.69) is 118 Å². The van der Waals surface area contributed by atoms with E-state index in [0.717, 1.165) is 65.6 Å². The van der Waals surface area contributed by atoms with E-state index in [1.165, 1.54) is 6.07 Å². The molecule has 1 radical (unpaired) electrons. The van der Waals surface area contributed by atoms with E-state index in [9.17, 15) is 0 Å². The fraction of sp³-hybridized carbons (Fsp3) is 0.176. The van der Waals surface area contributed by atoms with Crippen LogP contribution in [0.3, 0.4) is 0 Å². The Labute approximate surface area is 359 Å². The van der Waals surface area contributed by atoms with Crippen LogP contribution in [0.4, 0.5) is 0 Å². The molecule has 6 heteroatoms. The molecule has 9 aromatic rings. The van der Waals surface area contributed by atoms with E-state index in [1.807, 2.05) is 69.4 Å². The third-order valence-corrected chi connectivity index (χ3v) is 13.9. The molecule has 287 valence electrons. The van der Waals surface area contributed by atoms with Gasteiger partial charge >= 0.3 is 145 Å². The van der Waals surface area contributed by atoms with Gasteiger partial charge < -0.3 is 8.98 Å². The number of nitrogens with zero attached hydrogens (tertiary/aromatic N) is 3. The monoisotopic (exact) mass is 989 g/mol. The zero-order valence-corrected chi connectivity index (χ0v) is 37.4. The average Bonchev–Trinajstić information content (AvgIpc) is 3.82. The van der Waals surface area contributed by atoms with E-state index >= 15 is 0 Å². The molecule has 0 spiro atoms. The molecular formula is C51H47GeIrN3O-2. The van der Waals surface area contributed by atoms with Crippen molar-refractivity contribution < 1.29 is 31.4 Å². The van der Waals surface area contributed by atoms with Gasteiger partial charge in [-0.15, -0.1) is 18.2 Å². The van der Waals surface area contributed by atoms with Crippen LogP contribution in [-0.2, 0) is 26.5 Å². The smallest absolute Gasteiger partial charge is 0.120 e. The number of hydrogen-bond donors (Lipinski definition) is 0. The first-order chi connectivity index (χ1) is 28.9. The first-order valence-electron chi connectivity index (χ1n) is 21.4. The summed E-state index contributed by atoms with van der Waals surface area (Å²) in [5.74, 6) is 7.51. The number of rotatable bonds is 6. The quantitative estimate of drug-likeness (QED) is 0.123. The van der Waals surface area contributed by atoms with Gasteiger partial charge in [-0.3, -0.25) is 4.98 Å². The Kier molecular flexibility index (Phi) is 9.80. The summed E-state index contributed by atoms with van der Waals surface area (Å²) in [5.41, 5.74) is 9.52. The Balaban J connectivity index is 0.000000189. The maximum atomic E-state index is 8.80. The fourth-order valence-corrected chi connectivity index (χ4v) is 10.0. The molecule has 0 aliphatic carbocycles. The minimum absolute atomic E-state index is 0. The van der Waals surface area contributed by atoms with Gasteiger partial charge in [-0.1, -0.05) is 89.8 Å². The van der Waals surface area contributed by atoms with Gasteiger partial charge in [-0.2, -0.15) is 0 Å². The fourth-order valence-electron chi connectivity index (χ4n) is 7.12. The zero-order chi connectivity index (χ0) is 43.3. The van der Waals surface area contributed by atoms with Gasteiger partial charge in [0.2, 0.25) is 0 Å². The molecule has 0 aliphatic rings. The van der Waals surface area contributed by atoms with E-state index in [1.54, 1.807) is 12.1 Å². The van der Waals surface area contributed by atoms with Crippen LogP contribution >= 0.6 is 0 Å². The third kappa shape index (κ3) is 8.48. The van der Waals surface area contributed by atoms with Gasteiger partial charge in [0.25, 0.3) is 0 Å². The van der Waals surface area contributed by atoms with Gasteiger partial charge in [0, 0.05) is 36.7 Å². The number of aromatic nitrogens is 3. The maximum Gasteiger partial charge on any atom is 0.120 e. The predicted molar refractivity (Wildman–Crippen MR) is 237 cm³/mol. The summed E-state index contributed by atoms with van der Waals surface area (Å²) in [6.45, 7) is 3.55. The summed E-state index contributed by atoms with van der Waals surface area (Å²) in [7, 11) is 0. The van der Waals surface area contributed by atoms with Gasteiger partial charge in [0.15, 0.2) is 0 Å². The van der Waals surface area contributed by atoms with Crippen LogP contribution in [-0.4, -0.2) is 27.8 Å². The largest absolute Gasteiger partial charge is 0.501 e. The molecule has 0 N–H and O–H groups in total. The molecule has 0 unspecified atom stereocenters. The number of benzene rings is 6. The van der Waals surface area contributed by atoms with Gasteiger partial charge in [0.05, 0.1) is 22.4 Å². The molecule has 0 aliphatic heterocycles. The number of furan rings is 1. The summed E-state index contributed by atoms with van der Waals surface area (Å²) in [6, 6.07) is 52.4. The zero-order valence-electron chi connectivity index (χ0n) is 37.9. The molecule has 4 nitrogen and oxygen atoms in total.